The first-order valence-electron chi connectivity index (χ1n) is 10.3. The Hall–Kier alpha value is -2.89. The van der Waals surface area contributed by atoms with Gasteiger partial charge >= 0.3 is 5.97 Å². The summed E-state index contributed by atoms with van der Waals surface area (Å²) in [6, 6.07) is 9.15. The predicted octanol–water partition coefficient (Wildman–Crippen LogP) is 4.19. The summed E-state index contributed by atoms with van der Waals surface area (Å²) >= 11 is 0. The van der Waals surface area contributed by atoms with Crippen LogP contribution in [0.15, 0.2) is 30.3 Å². The molecule has 1 amide bonds. The molecular formula is C23H28N2O4. The lowest BCUT2D eigenvalue weighted by Gasteiger charge is -2.15. The highest BCUT2D eigenvalue weighted by Gasteiger charge is 2.30. The number of benzene rings is 1. The van der Waals surface area contributed by atoms with Crippen LogP contribution in [0.3, 0.4) is 0 Å². The smallest absolute Gasteiger partial charge is 0.340 e. The van der Waals surface area contributed by atoms with Crippen molar-refractivity contribution < 1.29 is 19.1 Å². The molecular weight excluding hydrogens is 368 g/mol. The molecule has 1 aliphatic carbocycles. The van der Waals surface area contributed by atoms with Crippen LogP contribution in [0.1, 0.15) is 72.0 Å². The number of H-pyrrole nitrogens is 1. The number of hydrogen-bond donors (Lipinski definition) is 2. The van der Waals surface area contributed by atoms with E-state index in [1.54, 1.807) is 13.8 Å². The van der Waals surface area contributed by atoms with Gasteiger partial charge in [0.05, 0.1) is 12.2 Å². The van der Waals surface area contributed by atoms with Crippen LogP contribution in [0.2, 0.25) is 0 Å². The Balaban J connectivity index is 1.95. The third kappa shape index (κ3) is 4.75. The standard InChI is InChI=1S/C23H28N2O4/c1-3-29-23(28)18-15(2)24-20(19(18)16-11-7-6-8-12-16)21(26)22(27)25-17-13-9-4-5-10-14-17/h6-8,11-12,17,24H,3-5,9-10,13-14H2,1-2H3,(H,25,27). The van der Waals surface area contributed by atoms with Gasteiger partial charge in [0, 0.05) is 17.3 Å². The molecule has 1 aromatic carbocycles. The summed E-state index contributed by atoms with van der Waals surface area (Å²) in [7, 11) is 0. The van der Waals surface area contributed by atoms with E-state index in [4.69, 9.17) is 4.74 Å². The fourth-order valence-electron chi connectivity index (χ4n) is 3.94. The number of esters is 1. The highest BCUT2D eigenvalue weighted by molar-refractivity contribution is 6.44. The van der Waals surface area contributed by atoms with Gasteiger partial charge in [0.1, 0.15) is 5.69 Å². The molecule has 1 aromatic heterocycles. The maximum absolute atomic E-state index is 13.0. The van der Waals surface area contributed by atoms with E-state index in [-0.39, 0.29) is 18.3 Å². The number of aromatic amines is 1. The van der Waals surface area contributed by atoms with Crippen LogP contribution in [0.25, 0.3) is 11.1 Å². The zero-order valence-corrected chi connectivity index (χ0v) is 17.0. The van der Waals surface area contributed by atoms with Crippen molar-refractivity contribution >= 4 is 17.7 Å². The normalized spacial score (nSPS) is 14.8. The first-order chi connectivity index (χ1) is 14.0. The molecule has 154 valence electrons. The van der Waals surface area contributed by atoms with E-state index in [1.807, 2.05) is 30.3 Å². The number of carbonyl (C=O) groups is 3. The Kier molecular flexibility index (Phi) is 6.86. The van der Waals surface area contributed by atoms with Gasteiger partial charge in [-0.25, -0.2) is 4.79 Å². The fraction of sp³-hybridized carbons (Fsp3) is 0.435. The topological polar surface area (TPSA) is 88.3 Å². The molecule has 6 nitrogen and oxygen atoms in total. The molecule has 0 bridgehead atoms. The van der Waals surface area contributed by atoms with E-state index in [0.29, 0.717) is 22.4 Å². The second-order valence-corrected chi connectivity index (χ2v) is 7.45. The van der Waals surface area contributed by atoms with Gasteiger partial charge in [-0.3, -0.25) is 9.59 Å². The van der Waals surface area contributed by atoms with Gasteiger partial charge in [-0.15, -0.1) is 0 Å². The number of nitrogens with one attached hydrogen (secondary N) is 2. The number of carbonyl (C=O) groups excluding carboxylic acids is 3. The summed E-state index contributed by atoms with van der Waals surface area (Å²) in [5, 5.41) is 2.89. The molecule has 0 unspecified atom stereocenters. The third-order valence-corrected chi connectivity index (χ3v) is 5.35. The van der Waals surface area contributed by atoms with Crippen molar-refractivity contribution in [1.82, 2.24) is 10.3 Å². The highest BCUT2D eigenvalue weighted by atomic mass is 16.5. The molecule has 2 aromatic rings. The zero-order valence-electron chi connectivity index (χ0n) is 17.0. The first-order valence-corrected chi connectivity index (χ1v) is 10.3. The lowest BCUT2D eigenvalue weighted by molar-refractivity contribution is -0.117. The van der Waals surface area contributed by atoms with E-state index >= 15 is 0 Å². The van der Waals surface area contributed by atoms with Crippen molar-refractivity contribution in [3.05, 3.63) is 47.3 Å². The molecule has 1 aliphatic rings. The fourth-order valence-corrected chi connectivity index (χ4v) is 3.94. The van der Waals surface area contributed by atoms with Crippen molar-refractivity contribution in [3.63, 3.8) is 0 Å². The molecule has 1 heterocycles. The minimum Gasteiger partial charge on any atom is -0.462 e. The average Bonchev–Trinajstić information content (AvgIpc) is 2.88. The van der Waals surface area contributed by atoms with E-state index in [0.717, 1.165) is 38.5 Å². The van der Waals surface area contributed by atoms with Gasteiger partial charge in [0.2, 0.25) is 0 Å². The Labute approximate surface area is 171 Å². The predicted molar refractivity (Wildman–Crippen MR) is 111 cm³/mol. The summed E-state index contributed by atoms with van der Waals surface area (Å²) in [4.78, 5) is 41.3. The molecule has 0 aliphatic heterocycles. The highest BCUT2D eigenvalue weighted by Crippen LogP contribution is 2.31. The molecule has 2 N–H and O–H groups in total. The van der Waals surface area contributed by atoms with Gasteiger partial charge in [0.15, 0.2) is 0 Å². The molecule has 3 rings (SSSR count). The molecule has 1 saturated carbocycles. The van der Waals surface area contributed by atoms with Gasteiger partial charge in [0.25, 0.3) is 11.7 Å². The van der Waals surface area contributed by atoms with Crippen LogP contribution in [-0.4, -0.2) is 35.3 Å². The van der Waals surface area contributed by atoms with Gasteiger partial charge < -0.3 is 15.0 Å². The molecule has 0 saturated heterocycles. The minimum atomic E-state index is -0.660. The van der Waals surface area contributed by atoms with Gasteiger partial charge in [-0.05, 0) is 32.3 Å². The number of ketones is 1. The van der Waals surface area contributed by atoms with E-state index in [1.165, 1.54) is 0 Å². The Morgan fingerprint density at radius 2 is 1.72 bits per heavy atom. The van der Waals surface area contributed by atoms with Crippen LogP contribution in [0.5, 0.6) is 0 Å². The summed E-state index contributed by atoms with van der Waals surface area (Å²) in [5.74, 6) is -1.80. The lowest BCUT2D eigenvalue weighted by atomic mass is 9.98. The summed E-state index contributed by atoms with van der Waals surface area (Å²) in [5.41, 5.74) is 2.03. The minimum absolute atomic E-state index is 0.0229. The Bertz CT molecular complexity index is 878. The number of Topliss-reactive ketones (excluding diaryl/α,β-unsaturated/α-hetero) is 1. The van der Waals surface area contributed by atoms with Crippen molar-refractivity contribution in [3.8, 4) is 11.1 Å². The van der Waals surface area contributed by atoms with Crippen molar-refractivity contribution in [2.24, 2.45) is 0 Å². The number of rotatable bonds is 6. The largest absolute Gasteiger partial charge is 0.462 e. The van der Waals surface area contributed by atoms with Crippen molar-refractivity contribution in [2.45, 2.75) is 58.4 Å². The van der Waals surface area contributed by atoms with E-state index in [2.05, 4.69) is 10.3 Å². The molecule has 0 radical (unpaired) electrons. The average molecular weight is 396 g/mol. The maximum Gasteiger partial charge on any atom is 0.340 e. The number of aryl methyl sites for hydroxylation is 1. The third-order valence-electron chi connectivity index (χ3n) is 5.35. The lowest BCUT2D eigenvalue weighted by Crippen LogP contribution is -2.39. The Morgan fingerprint density at radius 3 is 2.34 bits per heavy atom. The second kappa shape index (κ2) is 9.54. The monoisotopic (exact) mass is 396 g/mol. The first kappa shape index (κ1) is 20.8. The second-order valence-electron chi connectivity index (χ2n) is 7.45. The number of amides is 1. The molecule has 6 heteroatoms. The van der Waals surface area contributed by atoms with Crippen LogP contribution >= 0.6 is 0 Å². The number of ether oxygens (including phenoxy) is 1. The van der Waals surface area contributed by atoms with E-state index < -0.39 is 17.7 Å². The Morgan fingerprint density at radius 1 is 1.07 bits per heavy atom. The zero-order chi connectivity index (χ0) is 20.8. The molecule has 29 heavy (non-hydrogen) atoms. The quantitative estimate of drug-likeness (QED) is 0.332. The summed E-state index contributed by atoms with van der Waals surface area (Å²) in [6.45, 7) is 3.66. The van der Waals surface area contributed by atoms with Crippen LogP contribution in [0.4, 0.5) is 0 Å². The molecule has 1 fully saturated rings. The summed E-state index contributed by atoms with van der Waals surface area (Å²) in [6.07, 6.45) is 6.23. The van der Waals surface area contributed by atoms with Crippen LogP contribution in [0, 0.1) is 6.92 Å². The number of aromatic nitrogens is 1. The maximum atomic E-state index is 13.0. The van der Waals surface area contributed by atoms with Gasteiger partial charge in [-0.1, -0.05) is 56.0 Å². The van der Waals surface area contributed by atoms with Crippen molar-refractivity contribution in [2.75, 3.05) is 6.61 Å². The molecule has 0 spiro atoms. The number of hydrogen-bond acceptors (Lipinski definition) is 4. The van der Waals surface area contributed by atoms with Gasteiger partial charge in [-0.2, -0.15) is 0 Å². The van der Waals surface area contributed by atoms with E-state index in [9.17, 15) is 14.4 Å². The molecule has 0 atom stereocenters. The van der Waals surface area contributed by atoms with Crippen LogP contribution in [-0.2, 0) is 9.53 Å². The van der Waals surface area contributed by atoms with Crippen LogP contribution < -0.4 is 5.32 Å². The summed E-state index contributed by atoms with van der Waals surface area (Å²) < 4.78 is 5.19. The SMILES string of the molecule is CCOC(=O)c1c(C)[nH]c(C(=O)C(=O)NC2CCCCCC2)c1-c1ccccc1. The van der Waals surface area contributed by atoms with Crippen molar-refractivity contribution in [1.29, 1.82) is 0 Å².